The van der Waals surface area contributed by atoms with Gasteiger partial charge in [-0.25, -0.2) is 4.79 Å². The van der Waals surface area contributed by atoms with E-state index in [-0.39, 0.29) is 24.5 Å². The SMILES string of the molecule is CCCC(C)C(=O)CC1OC(OC(C)C)(C(=O)O)CC(O)C1NC(C)=O. The first-order valence-electron chi connectivity index (χ1n) is 9.09. The van der Waals surface area contributed by atoms with E-state index >= 15 is 0 Å². The summed E-state index contributed by atoms with van der Waals surface area (Å²) < 4.78 is 11.2. The molecule has 0 aromatic carbocycles. The van der Waals surface area contributed by atoms with E-state index in [4.69, 9.17) is 9.47 Å². The number of aliphatic hydroxyl groups is 1. The topological polar surface area (TPSA) is 122 Å². The van der Waals surface area contributed by atoms with Crippen LogP contribution in [0.1, 0.15) is 60.3 Å². The summed E-state index contributed by atoms with van der Waals surface area (Å²) in [4.78, 5) is 35.8. The standard InChI is InChI=1S/C18H31NO7/c1-6-7-11(4)13(21)8-15-16(19-12(5)20)14(22)9-18(26-15,17(23)24)25-10(2)3/h10-11,14-16,22H,6-9H2,1-5H3,(H,19,20)(H,23,24). The van der Waals surface area contributed by atoms with Gasteiger partial charge in [0.1, 0.15) is 5.78 Å². The van der Waals surface area contributed by atoms with Crippen molar-refractivity contribution in [2.24, 2.45) is 5.92 Å². The van der Waals surface area contributed by atoms with Gasteiger partial charge in [0.05, 0.1) is 24.4 Å². The van der Waals surface area contributed by atoms with Gasteiger partial charge in [-0.3, -0.25) is 9.59 Å². The Labute approximate surface area is 154 Å². The fraction of sp³-hybridized carbons (Fsp3) is 0.833. The third-order valence-corrected chi connectivity index (χ3v) is 4.43. The van der Waals surface area contributed by atoms with Crippen molar-refractivity contribution in [2.45, 2.75) is 90.4 Å². The number of aliphatic hydroxyl groups excluding tert-OH is 1. The Morgan fingerprint density at radius 2 is 1.92 bits per heavy atom. The van der Waals surface area contributed by atoms with Crippen molar-refractivity contribution < 1.29 is 34.1 Å². The number of ether oxygens (including phenoxy) is 2. The number of hydrogen-bond acceptors (Lipinski definition) is 6. The van der Waals surface area contributed by atoms with Gasteiger partial charge in [-0.2, -0.15) is 0 Å². The van der Waals surface area contributed by atoms with Gasteiger partial charge < -0.3 is 25.0 Å². The second kappa shape index (κ2) is 9.43. The Morgan fingerprint density at radius 3 is 2.38 bits per heavy atom. The third kappa shape index (κ3) is 5.75. The van der Waals surface area contributed by atoms with Crippen molar-refractivity contribution >= 4 is 17.7 Å². The van der Waals surface area contributed by atoms with Crippen LogP contribution in [0.4, 0.5) is 0 Å². The monoisotopic (exact) mass is 373 g/mol. The zero-order valence-electron chi connectivity index (χ0n) is 16.2. The highest BCUT2D eigenvalue weighted by atomic mass is 16.7. The van der Waals surface area contributed by atoms with Crippen LogP contribution in [0, 0.1) is 5.92 Å². The first kappa shape index (κ1) is 22.5. The van der Waals surface area contributed by atoms with Crippen LogP contribution in [0.3, 0.4) is 0 Å². The van der Waals surface area contributed by atoms with Crippen molar-refractivity contribution in [1.82, 2.24) is 5.32 Å². The second-order valence-corrected chi connectivity index (χ2v) is 7.24. The smallest absolute Gasteiger partial charge is 0.364 e. The summed E-state index contributed by atoms with van der Waals surface area (Å²) >= 11 is 0. The molecule has 5 unspecified atom stereocenters. The highest BCUT2D eigenvalue weighted by Gasteiger charge is 2.54. The number of hydrogen-bond donors (Lipinski definition) is 3. The van der Waals surface area contributed by atoms with Crippen LogP contribution < -0.4 is 5.32 Å². The molecule has 1 fully saturated rings. The number of Topliss-reactive ketones (excluding diaryl/α,β-unsaturated/α-hetero) is 1. The average Bonchev–Trinajstić information content (AvgIpc) is 2.49. The molecular weight excluding hydrogens is 342 g/mol. The van der Waals surface area contributed by atoms with Crippen LogP contribution in [0.5, 0.6) is 0 Å². The predicted octanol–water partition coefficient (Wildman–Crippen LogP) is 1.24. The minimum Gasteiger partial charge on any atom is -0.477 e. The minimum absolute atomic E-state index is 0.106. The van der Waals surface area contributed by atoms with E-state index in [2.05, 4.69) is 5.32 Å². The molecule has 1 rings (SSSR count). The normalized spacial score (nSPS) is 30.0. The minimum atomic E-state index is -2.05. The van der Waals surface area contributed by atoms with E-state index in [0.717, 1.165) is 6.42 Å². The van der Waals surface area contributed by atoms with E-state index in [0.29, 0.717) is 6.42 Å². The molecule has 5 atom stereocenters. The summed E-state index contributed by atoms with van der Waals surface area (Å²) in [6.07, 6.45) is -1.60. The van der Waals surface area contributed by atoms with Gasteiger partial charge in [0.2, 0.25) is 5.91 Å². The molecule has 8 heteroatoms. The summed E-state index contributed by atoms with van der Waals surface area (Å²) in [5, 5.41) is 22.7. The van der Waals surface area contributed by atoms with Crippen molar-refractivity contribution in [3.8, 4) is 0 Å². The molecule has 0 bridgehead atoms. The summed E-state index contributed by atoms with van der Waals surface area (Å²) in [6.45, 7) is 8.37. The average molecular weight is 373 g/mol. The van der Waals surface area contributed by atoms with Gasteiger partial charge in [0.15, 0.2) is 0 Å². The van der Waals surface area contributed by atoms with Crippen molar-refractivity contribution in [3.05, 3.63) is 0 Å². The predicted molar refractivity (Wildman–Crippen MR) is 93.4 cm³/mol. The van der Waals surface area contributed by atoms with E-state index in [1.165, 1.54) is 6.92 Å². The summed E-state index contributed by atoms with van der Waals surface area (Å²) in [7, 11) is 0. The number of ketones is 1. The zero-order valence-corrected chi connectivity index (χ0v) is 16.2. The lowest BCUT2D eigenvalue weighted by Gasteiger charge is -2.45. The van der Waals surface area contributed by atoms with Crippen LogP contribution in [-0.2, 0) is 23.9 Å². The Hall–Kier alpha value is -1.51. The van der Waals surface area contributed by atoms with Gasteiger partial charge in [0, 0.05) is 25.7 Å². The maximum Gasteiger partial charge on any atom is 0.364 e. The molecule has 0 spiro atoms. The lowest BCUT2D eigenvalue weighted by molar-refractivity contribution is -0.304. The molecule has 8 nitrogen and oxygen atoms in total. The van der Waals surface area contributed by atoms with E-state index in [9.17, 15) is 24.6 Å². The molecule has 0 radical (unpaired) electrons. The Bertz CT molecular complexity index is 522. The molecule has 3 N–H and O–H groups in total. The third-order valence-electron chi connectivity index (χ3n) is 4.43. The molecule has 150 valence electrons. The van der Waals surface area contributed by atoms with Gasteiger partial charge in [-0.1, -0.05) is 20.3 Å². The Morgan fingerprint density at radius 1 is 1.31 bits per heavy atom. The number of rotatable bonds is 9. The lowest BCUT2D eigenvalue weighted by atomic mass is 9.87. The number of carbonyl (C=O) groups excluding carboxylic acids is 2. The molecule has 26 heavy (non-hydrogen) atoms. The lowest BCUT2D eigenvalue weighted by Crippen LogP contribution is -2.64. The van der Waals surface area contributed by atoms with E-state index in [1.54, 1.807) is 20.8 Å². The molecule has 1 aliphatic heterocycles. The van der Waals surface area contributed by atoms with Crippen LogP contribution in [0.2, 0.25) is 0 Å². The molecule has 1 amide bonds. The molecule has 1 heterocycles. The van der Waals surface area contributed by atoms with Crippen LogP contribution >= 0.6 is 0 Å². The van der Waals surface area contributed by atoms with E-state index in [1.807, 2.05) is 6.92 Å². The van der Waals surface area contributed by atoms with Crippen LogP contribution in [0.25, 0.3) is 0 Å². The van der Waals surface area contributed by atoms with Gasteiger partial charge in [-0.05, 0) is 20.3 Å². The van der Waals surface area contributed by atoms with E-state index < -0.39 is 42.0 Å². The summed E-state index contributed by atoms with van der Waals surface area (Å²) in [5.74, 6) is -4.15. The molecule has 1 saturated heterocycles. The fourth-order valence-electron chi connectivity index (χ4n) is 3.25. The fourth-order valence-corrected chi connectivity index (χ4v) is 3.25. The highest BCUT2D eigenvalue weighted by molar-refractivity contribution is 5.82. The summed E-state index contributed by atoms with van der Waals surface area (Å²) in [5.41, 5.74) is 0. The quantitative estimate of drug-likeness (QED) is 0.556. The Balaban J connectivity index is 3.11. The van der Waals surface area contributed by atoms with Crippen molar-refractivity contribution in [1.29, 1.82) is 0 Å². The second-order valence-electron chi connectivity index (χ2n) is 7.24. The number of aliphatic carboxylic acids is 1. The van der Waals surface area contributed by atoms with Gasteiger partial charge in [-0.15, -0.1) is 0 Å². The van der Waals surface area contributed by atoms with Crippen molar-refractivity contribution in [3.63, 3.8) is 0 Å². The first-order chi connectivity index (χ1) is 12.0. The van der Waals surface area contributed by atoms with Crippen LogP contribution in [0.15, 0.2) is 0 Å². The number of nitrogens with one attached hydrogen (secondary N) is 1. The van der Waals surface area contributed by atoms with Gasteiger partial charge >= 0.3 is 5.97 Å². The zero-order chi connectivity index (χ0) is 20.1. The van der Waals surface area contributed by atoms with Crippen LogP contribution in [-0.4, -0.2) is 58.0 Å². The first-order valence-corrected chi connectivity index (χ1v) is 9.09. The maximum absolute atomic E-state index is 12.5. The van der Waals surface area contributed by atoms with Gasteiger partial charge in [0.25, 0.3) is 5.79 Å². The summed E-state index contributed by atoms with van der Waals surface area (Å²) in [6, 6.07) is -0.881. The Kier molecular flexibility index (Phi) is 8.17. The number of carbonyl (C=O) groups is 3. The largest absolute Gasteiger partial charge is 0.477 e. The molecule has 0 saturated carbocycles. The molecule has 0 aliphatic carbocycles. The molecular formula is C18H31NO7. The number of carboxylic acids is 1. The number of carboxylic acid groups (broad SMARTS) is 1. The van der Waals surface area contributed by atoms with Crippen molar-refractivity contribution in [2.75, 3.05) is 0 Å². The molecule has 1 aliphatic rings. The molecule has 0 aromatic rings. The maximum atomic E-state index is 12.5. The highest BCUT2D eigenvalue weighted by Crippen LogP contribution is 2.34. The molecule has 0 aromatic heterocycles. The number of amides is 1.